The van der Waals surface area contributed by atoms with Crippen molar-refractivity contribution in [3.8, 4) is 0 Å². The molecule has 2 aromatic carbocycles. The zero-order valence-corrected chi connectivity index (χ0v) is 15.0. The smallest absolute Gasteiger partial charge is 0.242 e. The normalized spacial score (nSPS) is 14.2. The summed E-state index contributed by atoms with van der Waals surface area (Å²) in [6.07, 6.45) is 1.90. The summed E-state index contributed by atoms with van der Waals surface area (Å²) in [6.45, 7) is 2.87. The molecular formula is C19H23ClFN3O. The van der Waals surface area contributed by atoms with Crippen LogP contribution in [0.25, 0.3) is 0 Å². The van der Waals surface area contributed by atoms with Gasteiger partial charge >= 0.3 is 0 Å². The van der Waals surface area contributed by atoms with Crippen LogP contribution in [0.5, 0.6) is 0 Å². The molecule has 1 atom stereocenters. The summed E-state index contributed by atoms with van der Waals surface area (Å²) in [6, 6.07) is 12.0. The van der Waals surface area contributed by atoms with Crippen molar-refractivity contribution in [3.63, 3.8) is 0 Å². The van der Waals surface area contributed by atoms with E-state index in [1.807, 2.05) is 25.1 Å². The number of halogens is 2. The highest BCUT2D eigenvalue weighted by molar-refractivity contribution is 5.86. The molecule has 3 rings (SSSR count). The van der Waals surface area contributed by atoms with Gasteiger partial charge in [0.15, 0.2) is 0 Å². The lowest BCUT2D eigenvalue weighted by Gasteiger charge is -2.36. The Morgan fingerprint density at radius 3 is 2.80 bits per heavy atom. The lowest BCUT2D eigenvalue weighted by Crippen LogP contribution is -2.47. The van der Waals surface area contributed by atoms with Gasteiger partial charge < -0.3 is 16.0 Å². The van der Waals surface area contributed by atoms with E-state index in [2.05, 4.69) is 10.2 Å². The molecule has 6 heteroatoms. The van der Waals surface area contributed by atoms with E-state index in [1.54, 1.807) is 18.2 Å². The minimum Gasteiger partial charge on any atom is -0.398 e. The maximum absolute atomic E-state index is 13.7. The van der Waals surface area contributed by atoms with Crippen molar-refractivity contribution in [2.24, 2.45) is 0 Å². The standard InChI is InChI=1S/C19H22FN3O.ClH/c1-13(19(24)22-12-14-6-2-3-8-16(14)20)23-11-5-7-15-17(21)9-4-10-18(15)23;/h2-4,6,8-10,13H,5,7,11-12,21H2,1H3,(H,22,24);1H. The SMILES string of the molecule is CC(C(=O)NCc1ccccc1F)N1CCCc2c(N)cccc21.Cl. The van der Waals surface area contributed by atoms with Crippen LogP contribution in [-0.2, 0) is 17.8 Å². The predicted molar refractivity (Wildman–Crippen MR) is 101 cm³/mol. The Hall–Kier alpha value is -2.27. The van der Waals surface area contributed by atoms with Crippen LogP contribution in [0, 0.1) is 5.82 Å². The number of anilines is 2. The first-order valence-corrected chi connectivity index (χ1v) is 8.23. The zero-order chi connectivity index (χ0) is 17.1. The second kappa shape index (κ2) is 8.21. The van der Waals surface area contributed by atoms with Crippen molar-refractivity contribution >= 4 is 29.7 Å². The van der Waals surface area contributed by atoms with E-state index in [9.17, 15) is 9.18 Å². The Labute approximate surface area is 153 Å². The van der Waals surface area contributed by atoms with Gasteiger partial charge in [-0.15, -0.1) is 12.4 Å². The number of benzene rings is 2. The number of rotatable bonds is 4. The summed E-state index contributed by atoms with van der Waals surface area (Å²) in [7, 11) is 0. The summed E-state index contributed by atoms with van der Waals surface area (Å²) in [5, 5.41) is 2.83. The molecule has 0 fully saturated rings. The van der Waals surface area contributed by atoms with Gasteiger partial charge in [0, 0.05) is 30.0 Å². The summed E-state index contributed by atoms with van der Waals surface area (Å²) >= 11 is 0. The highest BCUT2D eigenvalue weighted by atomic mass is 35.5. The lowest BCUT2D eigenvalue weighted by molar-refractivity contribution is -0.122. The van der Waals surface area contributed by atoms with Crippen LogP contribution in [-0.4, -0.2) is 18.5 Å². The van der Waals surface area contributed by atoms with Gasteiger partial charge in [-0.05, 0) is 43.5 Å². The average molecular weight is 364 g/mol. The predicted octanol–water partition coefficient (Wildman–Crippen LogP) is 3.29. The molecule has 1 amide bonds. The van der Waals surface area contributed by atoms with Gasteiger partial charge in [-0.3, -0.25) is 4.79 Å². The minimum absolute atomic E-state index is 0. The third-order valence-electron chi connectivity index (χ3n) is 4.58. The molecule has 2 aromatic rings. The van der Waals surface area contributed by atoms with E-state index in [0.29, 0.717) is 5.56 Å². The molecular weight excluding hydrogens is 341 g/mol. The Morgan fingerprint density at radius 1 is 1.28 bits per heavy atom. The third-order valence-corrected chi connectivity index (χ3v) is 4.58. The second-order valence-electron chi connectivity index (χ2n) is 6.13. The van der Waals surface area contributed by atoms with Crippen molar-refractivity contribution < 1.29 is 9.18 Å². The highest BCUT2D eigenvalue weighted by Crippen LogP contribution is 2.32. The van der Waals surface area contributed by atoms with Crippen LogP contribution >= 0.6 is 12.4 Å². The Balaban J connectivity index is 0.00000225. The van der Waals surface area contributed by atoms with Crippen LogP contribution in [0.4, 0.5) is 15.8 Å². The van der Waals surface area contributed by atoms with Crippen molar-refractivity contribution in [2.75, 3.05) is 17.2 Å². The van der Waals surface area contributed by atoms with Gasteiger partial charge in [0.1, 0.15) is 11.9 Å². The van der Waals surface area contributed by atoms with Gasteiger partial charge in [-0.1, -0.05) is 24.3 Å². The number of nitrogens with zero attached hydrogens (tertiary/aromatic N) is 1. The monoisotopic (exact) mass is 363 g/mol. The fourth-order valence-corrected chi connectivity index (χ4v) is 3.20. The topological polar surface area (TPSA) is 58.4 Å². The molecule has 1 unspecified atom stereocenters. The summed E-state index contributed by atoms with van der Waals surface area (Å²) in [5.74, 6) is -0.421. The zero-order valence-electron chi connectivity index (χ0n) is 14.2. The minimum atomic E-state index is -0.336. The average Bonchev–Trinajstić information content (AvgIpc) is 2.60. The molecule has 0 aromatic heterocycles. The first-order valence-electron chi connectivity index (χ1n) is 8.23. The lowest BCUT2D eigenvalue weighted by atomic mass is 9.98. The number of hydrogen-bond donors (Lipinski definition) is 2. The van der Waals surface area contributed by atoms with E-state index >= 15 is 0 Å². The molecule has 0 radical (unpaired) electrons. The Kier molecular flexibility index (Phi) is 6.26. The largest absolute Gasteiger partial charge is 0.398 e. The molecule has 134 valence electrons. The quantitative estimate of drug-likeness (QED) is 0.819. The maximum Gasteiger partial charge on any atom is 0.242 e. The number of carbonyl (C=O) groups excluding carboxylic acids is 1. The van der Waals surface area contributed by atoms with Crippen LogP contribution in [0.15, 0.2) is 42.5 Å². The molecule has 4 nitrogen and oxygen atoms in total. The molecule has 0 saturated carbocycles. The first-order chi connectivity index (χ1) is 11.6. The highest BCUT2D eigenvalue weighted by Gasteiger charge is 2.26. The molecule has 0 saturated heterocycles. The molecule has 1 aliphatic heterocycles. The van der Waals surface area contributed by atoms with Crippen molar-refractivity contribution in [3.05, 3.63) is 59.4 Å². The summed E-state index contributed by atoms with van der Waals surface area (Å²) < 4.78 is 13.7. The number of carbonyl (C=O) groups is 1. The number of amides is 1. The van der Waals surface area contributed by atoms with Gasteiger partial charge in [0.25, 0.3) is 0 Å². The molecule has 0 spiro atoms. The van der Waals surface area contributed by atoms with Gasteiger partial charge in [0.2, 0.25) is 5.91 Å². The van der Waals surface area contributed by atoms with E-state index in [1.165, 1.54) is 6.07 Å². The number of nitrogens with one attached hydrogen (secondary N) is 1. The maximum atomic E-state index is 13.7. The van der Waals surface area contributed by atoms with E-state index in [0.717, 1.165) is 36.3 Å². The number of fused-ring (bicyclic) bond motifs is 1. The number of hydrogen-bond acceptors (Lipinski definition) is 3. The van der Waals surface area contributed by atoms with Crippen LogP contribution in [0.3, 0.4) is 0 Å². The van der Waals surface area contributed by atoms with Crippen LogP contribution in [0.2, 0.25) is 0 Å². The van der Waals surface area contributed by atoms with Crippen molar-refractivity contribution in [2.45, 2.75) is 32.4 Å². The molecule has 1 heterocycles. The third kappa shape index (κ3) is 4.04. The summed E-state index contributed by atoms with van der Waals surface area (Å²) in [4.78, 5) is 14.6. The van der Waals surface area contributed by atoms with Gasteiger partial charge in [0.05, 0.1) is 0 Å². The number of nitrogen functional groups attached to an aromatic ring is 1. The Bertz CT molecular complexity index is 753. The van der Waals surface area contributed by atoms with E-state index in [-0.39, 0.29) is 36.7 Å². The van der Waals surface area contributed by atoms with Gasteiger partial charge in [-0.25, -0.2) is 4.39 Å². The van der Waals surface area contributed by atoms with Gasteiger partial charge in [-0.2, -0.15) is 0 Å². The fraction of sp³-hybridized carbons (Fsp3) is 0.316. The molecule has 0 aliphatic carbocycles. The van der Waals surface area contributed by atoms with Crippen LogP contribution in [0.1, 0.15) is 24.5 Å². The van der Waals surface area contributed by atoms with E-state index < -0.39 is 0 Å². The molecule has 0 bridgehead atoms. The Morgan fingerprint density at radius 2 is 2.04 bits per heavy atom. The first kappa shape index (κ1) is 19.1. The van der Waals surface area contributed by atoms with Crippen LogP contribution < -0.4 is 16.0 Å². The van der Waals surface area contributed by atoms with Crippen molar-refractivity contribution in [1.82, 2.24) is 5.32 Å². The van der Waals surface area contributed by atoms with E-state index in [4.69, 9.17) is 5.73 Å². The molecule has 1 aliphatic rings. The van der Waals surface area contributed by atoms with Crippen molar-refractivity contribution in [1.29, 1.82) is 0 Å². The number of nitrogens with two attached hydrogens (primary N) is 1. The summed E-state index contributed by atoms with van der Waals surface area (Å²) in [5.41, 5.74) is 9.46. The molecule has 3 N–H and O–H groups in total. The molecule has 25 heavy (non-hydrogen) atoms. The fourth-order valence-electron chi connectivity index (χ4n) is 3.20. The second-order valence-corrected chi connectivity index (χ2v) is 6.13.